The second-order valence-corrected chi connectivity index (χ2v) is 5.71. The van der Waals surface area contributed by atoms with E-state index in [1.807, 2.05) is 30.9 Å². The van der Waals surface area contributed by atoms with Gasteiger partial charge >= 0.3 is 0 Å². The number of nitrogens with zero attached hydrogens (tertiary/aromatic N) is 1. The van der Waals surface area contributed by atoms with Crippen molar-refractivity contribution in [3.8, 4) is 0 Å². The highest BCUT2D eigenvalue weighted by Crippen LogP contribution is 2.21. The van der Waals surface area contributed by atoms with E-state index in [0.29, 0.717) is 5.92 Å². The van der Waals surface area contributed by atoms with Gasteiger partial charge in [0, 0.05) is 18.7 Å². The maximum Gasteiger partial charge on any atom is 0.253 e. The van der Waals surface area contributed by atoms with Gasteiger partial charge in [0.05, 0.1) is 0 Å². The zero-order valence-corrected chi connectivity index (χ0v) is 13.2. The minimum absolute atomic E-state index is 0. The first-order valence-electron chi connectivity index (χ1n) is 7.18. The molecule has 0 radical (unpaired) electrons. The second-order valence-electron chi connectivity index (χ2n) is 5.71. The molecule has 20 heavy (non-hydrogen) atoms. The topological polar surface area (TPSA) is 46.3 Å². The molecule has 1 unspecified atom stereocenters. The summed E-state index contributed by atoms with van der Waals surface area (Å²) in [7, 11) is 0. The van der Waals surface area contributed by atoms with Crippen molar-refractivity contribution in [2.45, 2.75) is 33.1 Å². The number of carbonyl (C=O) groups is 1. The van der Waals surface area contributed by atoms with Gasteiger partial charge in [-0.25, -0.2) is 0 Å². The van der Waals surface area contributed by atoms with Crippen molar-refractivity contribution in [3.05, 3.63) is 34.9 Å². The van der Waals surface area contributed by atoms with Crippen LogP contribution in [0, 0.1) is 19.8 Å². The number of hydrogen-bond acceptors (Lipinski definition) is 2. The van der Waals surface area contributed by atoms with E-state index in [1.165, 1.54) is 6.42 Å². The molecular formula is C16H25ClN2O. The van der Waals surface area contributed by atoms with Gasteiger partial charge in [-0.3, -0.25) is 4.79 Å². The standard InChI is InChI=1S/C16H24N2O.ClH/c1-12-8-13(2)10-15(9-12)16(19)18-7-3-4-14(11-18)5-6-17;/h8-10,14H,3-7,11,17H2,1-2H3;1H. The molecule has 1 fully saturated rings. The minimum atomic E-state index is 0. The smallest absolute Gasteiger partial charge is 0.253 e. The zero-order valence-electron chi connectivity index (χ0n) is 12.4. The Bertz CT molecular complexity index is 440. The Labute approximate surface area is 127 Å². The van der Waals surface area contributed by atoms with E-state index >= 15 is 0 Å². The lowest BCUT2D eigenvalue weighted by Crippen LogP contribution is -2.40. The van der Waals surface area contributed by atoms with Crippen molar-refractivity contribution in [3.63, 3.8) is 0 Å². The molecule has 1 aromatic carbocycles. The van der Waals surface area contributed by atoms with Crippen molar-refractivity contribution in [1.82, 2.24) is 4.90 Å². The summed E-state index contributed by atoms with van der Waals surface area (Å²) in [6, 6.07) is 6.08. The fourth-order valence-electron chi connectivity index (χ4n) is 3.00. The van der Waals surface area contributed by atoms with Crippen LogP contribution in [0.4, 0.5) is 0 Å². The normalized spacial score (nSPS) is 18.6. The van der Waals surface area contributed by atoms with Crippen LogP contribution in [0.3, 0.4) is 0 Å². The van der Waals surface area contributed by atoms with Crippen LogP contribution in [-0.2, 0) is 0 Å². The van der Waals surface area contributed by atoms with Gasteiger partial charge in [0.15, 0.2) is 0 Å². The number of amides is 1. The van der Waals surface area contributed by atoms with Gasteiger partial charge in [-0.15, -0.1) is 12.4 Å². The maximum absolute atomic E-state index is 12.5. The maximum atomic E-state index is 12.5. The number of rotatable bonds is 3. The fourth-order valence-corrected chi connectivity index (χ4v) is 3.00. The summed E-state index contributed by atoms with van der Waals surface area (Å²) in [6.07, 6.45) is 3.33. The lowest BCUT2D eigenvalue weighted by atomic mass is 9.94. The highest BCUT2D eigenvalue weighted by molar-refractivity contribution is 5.94. The molecule has 1 heterocycles. The number of piperidine rings is 1. The third-order valence-electron chi connectivity index (χ3n) is 3.85. The molecule has 2 N–H and O–H groups in total. The summed E-state index contributed by atoms with van der Waals surface area (Å²) in [5, 5.41) is 0. The Hall–Kier alpha value is -1.06. The first-order valence-corrected chi connectivity index (χ1v) is 7.18. The van der Waals surface area contributed by atoms with Crippen LogP contribution in [0.2, 0.25) is 0 Å². The first-order chi connectivity index (χ1) is 9.10. The van der Waals surface area contributed by atoms with Crippen LogP contribution in [-0.4, -0.2) is 30.4 Å². The summed E-state index contributed by atoms with van der Waals surface area (Å²) in [6.45, 7) is 6.54. The molecule has 1 aliphatic heterocycles. The molecule has 1 saturated heterocycles. The van der Waals surface area contributed by atoms with E-state index < -0.39 is 0 Å². The molecule has 1 aliphatic rings. The Morgan fingerprint density at radius 2 is 1.95 bits per heavy atom. The number of hydrogen-bond donors (Lipinski definition) is 1. The molecule has 0 spiro atoms. The molecule has 0 aromatic heterocycles. The van der Waals surface area contributed by atoms with E-state index in [1.54, 1.807) is 0 Å². The van der Waals surface area contributed by atoms with Crippen LogP contribution in [0.15, 0.2) is 18.2 Å². The van der Waals surface area contributed by atoms with Gasteiger partial charge in [-0.1, -0.05) is 17.2 Å². The molecule has 2 rings (SSSR count). The number of carbonyl (C=O) groups excluding carboxylic acids is 1. The fraction of sp³-hybridized carbons (Fsp3) is 0.562. The van der Waals surface area contributed by atoms with Crippen LogP contribution in [0.25, 0.3) is 0 Å². The average molecular weight is 297 g/mol. The lowest BCUT2D eigenvalue weighted by Gasteiger charge is -2.32. The Balaban J connectivity index is 0.00000200. The average Bonchev–Trinajstić information content (AvgIpc) is 2.37. The predicted octanol–water partition coefficient (Wildman–Crippen LogP) is 2.93. The van der Waals surface area contributed by atoms with Crippen molar-refractivity contribution in [2.24, 2.45) is 11.7 Å². The number of aryl methyl sites for hydroxylation is 2. The third-order valence-corrected chi connectivity index (χ3v) is 3.85. The molecule has 4 heteroatoms. The Morgan fingerprint density at radius 1 is 1.30 bits per heavy atom. The van der Waals surface area contributed by atoms with E-state index in [4.69, 9.17) is 5.73 Å². The Kier molecular flexibility index (Phi) is 6.50. The van der Waals surface area contributed by atoms with Gasteiger partial charge in [0.2, 0.25) is 0 Å². The number of benzene rings is 1. The summed E-state index contributed by atoms with van der Waals surface area (Å²) in [5.74, 6) is 0.752. The molecule has 0 saturated carbocycles. The van der Waals surface area contributed by atoms with E-state index in [9.17, 15) is 4.79 Å². The molecule has 0 aliphatic carbocycles. The highest BCUT2D eigenvalue weighted by Gasteiger charge is 2.24. The van der Waals surface area contributed by atoms with Crippen LogP contribution >= 0.6 is 12.4 Å². The SMILES string of the molecule is Cc1cc(C)cc(C(=O)N2CCCC(CCN)C2)c1.Cl. The first kappa shape index (κ1) is 17.0. The van der Waals surface area contributed by atoms with E-state index in [0.717, 1.165) is 49.2 Å². The molecular weight excluding hydrogens is 272 g/mol. The summed E-state index contributed by atoms with van der Waals surface area (Å²) in [4.78, 5) is 14.5. The monoisotopic (exact) mass is 296 g/mol. The van der Waals surface area contributed by atoms with Gasteiger partial charge in [-0.2, -0.15) is 0 Å². The second kappa shape index (κ2) is 7.65. The molecule has 1 atom stereocenters. The lowest BCUT2D eigenvalue weighted by molar-refractivity contribution is 0.0669. The third kappa shape index (κ3) is 4.22. The van der Waals surface area contributed by atoms with E-state index in [2.05, 4.69) is 6.07 Å². The summed E-state index contributed by atoms with van der Waals surface area (Å²) in [5.41, 5.74) is 8.76. The summed E-state index contributed by atoms with van der Waals surface area (Å²) >= 11 is 0. The van der Waals surface area contributed by atoms with Crippen LogP contribution < -0.4 is 5.73 Å². The number of nitrogens with two attached hydrogens (primary N) is 1. The highest BCUT2D eigenvalue weighted by atomic mass is 35.5. The molecule has 3 nitrogen and oxygen atoms in total. The van der Waals surface area contributed by atoms with Gasteiger partial charge < -0.3 is 10.6 Å². The predicted molar refractivity (Wildman–Crippen MR) is 85.5 cm³/mol. The van der Waals surface area contributed by atoms with E-state index in [-0.39, 0.29) is 18.3 Å². The van der Waals surface area contributed by atoms with Crippen molar-refractivity contribution >= 4 is 18.3 Å². The molecule has 112 valence electrons. The molecule has 0 bridgehead atoms. The van der Waals surface area contributed by atoms with Crippen LogP contribution in [0.5, 0.6) is 0 Å². The van der Waals surface area contributed by atoms with Crippen molar-refractivity contribution in [1.29, 1.82) is 0 Å². The molecule has 1 aromatic rings. The van der Waals surface area contributed by atoms with Crippen LogP contribution in [0.1, 0.15) is 40.7 Å². The molecule has 1 amide bonds. The number of likely N-dealkylation sites (tertiary alicyclic amines) is 1. The van der Waals surface area contributed by atoms with Gasteiger partial charge in [0.25, 0.3) is 5.91 Å². The zero-order chi connectivity index (χ0) is 13.8. The summed E-state index contributed by atoms with van der Waals surface area (Å²) < 4.78 is 0. The quantitative estimate of drug-likeness (QED) is 0.932. The minimum Gasteiger partial charge on any atom is -0.338 e. The largest absolute Gasteiger partial charge is 0.338 e. The van der Waals surface area contributed by atoms with Gasteiger partial charge in [0.1, 0.15) is 0 Å². The van der Waals surface area contributed by atoms with Crippen molar-refractivity contribution < 1.29 is 4.79 Å². The number of halogens is 1. The van der Waals surface area contributed by atoms with Gasteiger partial charge in [-0.05, 0) is 57.7 Å². The Morgan fingerprint density at radius 3 is 2.55 bits per heavy atom. The van der Waals surface area contributed by atoms with Crippen molar-refractivity contribution in [2.75, 3.05) is 19.6 Å².